The van der Waals surface area contributed by atoms with Gasteiger partial charge in [0.05, 0.1) is 5.52 Å². The molecule has 3 rings (SSSR count). The van der Waals surface area contributed by atoms with Crippen molar-refractivity contribution in [2.45, 2.75) is 20.8 Å². The van der Waals surface area contributed by atoms with Gasteiger partial charge in [-0.2, -0.15) is 0 Å². The van der Waals surface area contributed by atoms with Crippen molar-refractivity contribution >= 4 is 34.8 Å². The Morgan fingerprint density at radius 3 is 2.43 bits per heavy atom. The van der Waals surface area contributed by atoms with Crippen LogP contribution >= 0.6 is 12.4 Å². The molecule has 2 nitrogen and oxygen atoms in total. The number of nitrogens with zero attached hydrogens (tertiary/aromatic N) is 1. The minimum absolute atomic E-state index is 0. The van der Waals surface area contributed by atoms with E-state index in [0.717, 1.165) is 17.0 Å². The van der Waals surface area contributed by atoms with Gasteiger partial charge in [-0.25, -0.2) is 4.98 Å². The second kappa shape index (κ2) is 6.15. The highest BCUT2D eigenvalue weighted by molar-refractivity contribution is 5.85. The van der Waals surface area contributed by atoms with Crippen LogP contribution in [0, 0.1) is 20.8 Å². The molecule has 0 unspecified atom stereocenters. The van der Waals surface area contributed by atoms with Gasteiger partial charge in [-0.3, -0.25) is 0 Å². The van der Waals surface area contributed by atoms with Crippen molar-refractivity contribution in [1.82, 2.24) is 4.98 Å². The van der Waals surface area contributed by atoms with Crippen LogP contribution in [0.1, 0.15) is 16.7 Å². The van der Waals surface area contributed by atoms with Crippen molar-refractivity contribution in [2.24, 2.45) is 0 Å². The molecule has 3 heteroatoms. The molecule has 0 amide bonds. The molecule has 0 radical (unpaired) electrons. The second-order valence-electron chi connectivity index (χ2n) is 5.21. The summed E-state index contributed by atoms with van der Waals surface area (Å²) in [5.74, 6) is 0.898. The zero-order valence-corrected chi connectivity index (χ0v) is 13.3. The maximum Gasteiger partial charge on any atom is 0.131 e. The molecule has 0 saturated heterocycles. The lowest BCUT2D eigenvalue weighted by Gasteiger charge is -2.12. The summed E-state index contributed by atoms with van der Waals surface area (Å²) >= 11 is 0. The van der Waals surface area contributed by atoms with Gasteiger partial charge >= 0.3 is 0 Å². The van der Waals surface area contributed by atoms with Crippen molar-refractivity contribution in [3.8, 4) is 0 Å². The van der Waals surface area contributed by atoms with Crippen LogP contribution in [-0.2, 0) is 0 Å². The van der Waals surface area contributed by atoms with Gasteiger partial charge < -0.3 is 5.32 Å². The first kappa shape index (κ1) is 15.3. The Morgan fingerprint density at radius 1 is 0.857 bits per heavy atom. The Bertz CT molecular complexity index is 781. The largest absolute Gasteiger partial charge is 0.340 e. The van der Waals surface area contributed by atoms with Crippen LogP contribution in [0.2, 0.25) is 0 Å². The Balaban J connectivity index is 0.00000161. The predicted octanol–water partition coefficient (Wildman–Crippen LogP) is 5.33. The molecule has 0 spiro atoms. The average Bonchev–Trinajstić information content (AvgIpc) is 2.44. The molecule has 1 heterocycles. The van der Waals surface area contributed by atoms with Gasteiger partial charge in [0.1, 0.15) is 5.82 Å². The zero-order valence-electron chi connectivity index (χ0n) is 12.5. The Labute approximate surface area is 131 Å². The van der Waals surface area contributed by atoms with Crippen LogP contribution in [0.5, 0.6) is 0 Å². The number of rotatable bonds is 2. The van der Waals surface area contributed by atoms with E-state index in [0.29, 0.717) is 0 Å². The van der Waals surface area contributed by atoms with Gasteiger partial charge in [-0.05, 0) is 55.7 Å². The molecule has 0 aliphatic carbocycles. The predicted molar refractivity (Wildman–Crippen MR) is 92.9 cm³/mol. The van der Waals surface area contributed by atoms with Crippen LogP contribution in [0.3, 0.4) is 0 Å². The van der Waals surface area contributed by atoms with Crippen LogP contribution < -0.4 is 5.32 Å². The standard InChI is InChI=1S/C18H18N2.ClH/c1-12-7-6-10-16(14(12)3)19-18-11-13(2)15-8-4-5-9-17(15)20-18;/h4-11H,1-3H3,(H,19,20);1H. The maximum atomic E-state index is 4.69. The van der Waals surface area contributed by atoms with E-state index >= 15 is 0 Å². The Hall–Kier alpha value is -2.06. The van der Waals surface area contributed by atoms with Crippen molar-refractivity contribution in [3.05, 3.63) is 65.2 Å². The average molecular weight is 299 g/mol. The summed E-state index contributed by atoms with van der Waals surface area (Å²) < 4.78 is 0. The maximum absolute atomic E-state index is 4.69. The lowest BCUT2D eigenvalue weighted by Crippen LogP contribution is -1.98. The van der Waals surface area contributed by atoms with E-state index < -0.39 is 0 Å². The molecule has 3 aromatic rings. The van der Waals surface area contributed by atoms with Crippen molar-refractivity contribution in [2.75, 3.05) is 5.32 Å². The molecule has 0 aliphatic rings. The smallest absolute Gasteiger partial charge is 0.131 e. The van der Waals surface area contributed by atoms with Gasteiger partial charge in [0.15, 0.2) is 0 Å². The van der Waals surface area contributed by atoms with E-state index in [1.54, 1.807) is 0 Å². The Morgan fingerprint density at radius 2 is 1.62 bits per heavy atom. The molecule has 1 aromatic heterocycles. The lowest BCUT2D eigenvalue weighted by molar-refractivity contribution is 1.29. The molecular formula is C18H19ClN2. The van der Waals surface area contributed by atoms with Crippen molar-refractivity contribution in [1.29, 1.82) is 0 Å². The molecule has 0 atom stereocenters. The third-order valence-corrected chi connectivity index (χ3v) is 3.79. The molecular weight excluding hydrogens is 280 g/mol. The van der Waals surface area contributed by atoms with E-state index in [1.165, 1.54) is 22.1 Å². The van der Waals surface area contributed by atoms with Crippen LogP contribution in [0.4, 0.5) is 11.5 Å². The molecule has 21 heavy (non-hydrogen) atoms. The van der Waals surface area contributed by atoms with Gasteiger partial charge in [0.2, 0.25) is 0 Å². The van der Waals surface area contributed by atoms with Crippen molar-refractivity contribution in [3.63, 3.8) is 0 Å². The third-order valence-electron chi connectivity index (χ3n) is 3.79. The molecule has 108 valence electrons. The summed E-state index contributed by atoms with van der Waals surface area (Å²) in [5.41, 5.74) is 5.93. The summed E-state index contributed by atoms with van der Waals surface area (Å²) in [6.07, 6.45) is 0. The number of pyridine rings is 1. The third kappa shape index (κ3) is 3.01. The highest BCUT2D eigenvalue weighted by atomic mass is 35.5. The highest BCUT2D eigenvalue weighted by Crippen LogP contribution is 2.25. The Kier molecular flexibility index (Phi) is 4.49. The molecule has 0 fully saturated rings. The fourth-order valence-corrected chi connectivity index (χ4v) is 2.44. The first-order chi connectivity index (χ1) is 9.65. The van der Waals surface area contributed by atoms with E-state index in [-0.39, 0.29) is 12.4 Å². The van der Waals surface area contributed by atoms with Gasteiger partial charge in [0.25, 0.3) is 0 Å². The van der Waals surface area contributed by atoms with E-state index in [1.807, 2.05) is 6.07 Å². The normalized spacial score (nSPS) is 10.2. The number of hydrogen-bond donors (Lipinski definition) is 1. The van der Waals surface area contributed by atoms with Crippen LogP contribution in [0.15, 0.2) is 48.5 Å². The van der Waals surface area contributed by atoms with Gasteiger partial charge in [-0.15, -0.1) is 12.4 Å². The monoisotopic (exact) mass is 298 g/mol. The number of aryl methyl sites for hydroxylation is 2. The first-order valence-corrected chi connectivity index (χ1v) is 6.85. The number of nitrogens with one attached hydrogen (secondary N) is 1. The highest BCUT2D eigenvalue weighted by Gasteiger charge is 2.05. The summed E-state index contributed by atoms with van der Waals surface area (Å²) in [7, 11) is 0. The number of halogens is 1. The molecule has 1 N–H and O–H groups in total. The number of benzene rings is 2. The molecule has 2 aromatic carbocycles. The number of anilines is 2. The number of fused-ring (bicyclic) bond motifs is 1. The zero-order chi connectivity index (χ0) is 14.1. The molecule has 0 aliphatic heterocycles. The number of para-hydroxylation sites is 1. The fourth-order valence-electron chi connectivity index (χ4n) is 2.44. The number of hydrogen-bond acceptors (Lipinski definition) is 2. The van der Waals surface area contributed by atoms with Gasteiger partial charge in [-0.1, -0.05) is 30.3 Å². The fraction of sp³-hybridized carbons (Fsp3) is 0.167. The minimum atomic E-state index is 0. The van der Waals surface area contributed by atoms with Crippen LogP contribution in [-0.4, -0.2) is 4.98 Å². The van der Waals surface area contributed by atoms with E-state index in [2.05, 4.69) is 68.6 Å². The van der Waals surface area contributed by atoms with Crippen molar-refractivity contribution < 1.29 is 0 Å². The summed E-state index contributed by atoms with van der Waals surface area (Å²) in [6, 6.07) is 16.6. The topological polar surface area (TPSA) is 24.9 Å². The lowest BCUT2D eigenvalue weighted by atomic mass is 10.1. The summed E-state index contributed by atoms with van der Waals surface area (Å²) in [5, 5.41) is 4.64. The number of aromatic nitrogens is 1. The quantitative estimate of drug-likeness (QED) is 0.692. The van der Waals surface area contributed by atoms with E-state index in [9.17, 15) is 0 Å². The SMILES string of the molecule is Cc1cccc(Nc2cc(C)c3ccccc3n2)c1C.Cl. The molecule has 0 bridgehead atoms. The van der Waals surface area contributed by atoms with Crippen LogP contribution in [0.25, 0.3) is 10.9 Å². The second-order valence-corrected chi connectivity index (χ2v) is 5.21. The summed E-state index contributed by atoms with van der Waals surface area (Å²) in [6.45, 7) is 6.38. The molecule has 0 saturated carbocycles. The minimum Gasteiger partial charge on any atom is -0.340 e. The first-order valence-electron chi connectivity index (χ1n) is 6.85. The van der Waals surface area contributed by atoms with Gasteiger partial charge in [0, 0.05) is 11.1 Å². The van der Waals surface area contributed by atoms with E-state index in [4.69, 9.17) is 4.98 Å². The summed E-state index contributed by atoms with van der Waals surface area (Å²) in [4.78, 5) is 4.69.